The van der Waals surface area contributed by atoms with Crippen LogP contribution in [0.3, 0.4) is 0 Å². The lowest BCUT2D eigenvalue weighted by molar-refractivity contribution is 0.568. The van der Waals surface area contributed by atoms with Crippen LogP contribution in [-0.4, -0.2) is 28.0 Å². The Kier molecular flexibility index (Phi) is 12.4. The highest BCUT2D eigenvalue weighted by Crippen LogP contribution is 2.44. The van der Waals surface area contributed by atoms with Gasteiger partial charge in [-0.2, -0.15) is 0 Å². The second-order valence-electron chi connectivity index (χ2n) is 27.7. The topological polar surface area (TPSA) is 57.4 Å². The highest BCUT2D eigenvalue weighted by atomic mass is 28.3. The summed E-state index contributed by atoms with van der Waals surface area (Å²) in [6, 6.07) is 33.0. The first-order valence-electron chi connectivity index (χ1n) is 25.7. The first-order valence-corrected chi connectivity index (χ1v) is 29.2. The molecule has 8 bridgehead atoms. The first-order chi connectivity index (χ1) is 32.1. The maximum absolute atomic E-state index is 5.76. The van der Waals surface area contributed by atoms with Crippen LogP contribution in [0.1, 0.15) is 181 Å². The Bertz CT molecular complexity index is 3180. The van der Waals surface area contributed by atoms with Gasteiger partial charge in [-0.1, -0.05) is 199 Å². The summed E-state index contributed by atoms with van der Waals surface area (Å²) < 4.78 is 0. The van der Waals surface area contributed by atoms with Crippen LogP contribution in [0.4, 0.5) is 0 Å². The summed E-state index contributed by atoms with van der Waals surface area (Å²) in [5, 5.41) is 1.34. The third-order valence-corrected chi connectivity index (χ3v) is 16.4. The Morgan fingerprint density at radius 1 is 0.357 bits per heavy atom. The van der Waals surface area contributed by atoms with Gasteiger partial charge in [-0.05, 0) is 136 Å². The molecule has 366 valence electrons. The van der Waals surface area contributed by atoms with Crippen molar-refractivity contribution < 1.29 is 0 Å². The van der Waals surface area contributed by atoms with Gasteiger partial charge < -0.3 is 9.97 Å². The summed E-state index contributed by atoms with van der Waals surface area (Å²) in [4.78, 5) is 19.5. The summed E-state index contributed by atoms with van der Waals surface area (Å²) in [5.74, 6) is 0. The summed E-state index contributed by atoms with van der Waals surface area (Å²) in [7, 11) is -1.94. The molecule has 0 aliphatic carbocycles. The van der Waals surface area contributed by atoms with E-state index in [2.05, 4.69) is 257 Å². The molecule has 0 spiro atoms. The molecule has 0 saturated carbocycles. The molecule has 3 aromatic carbocycles. The van der Waals surface area contributed by atoms with Crippen LogP contribution < -0.4 is 0 Å². The Hall–Kier alpha value is -5.52. The Morgan fingerprint density at radius 3 is 1.00 bits per heavy atom. The van der Waals surface area contributed by atoms with Gasteiger partial charge in [0.2, 0.25) is 0 Å². The van der Waals surface area contributed by atoms with E-state index in [1.807, 2.05) is 0 Å². The van der Waals surface area contributed by atoms with E-state index < -0.39 is 8.07 Å². The highest BCUT2D eigenvalue weighted by molar-refractivity contribution is 6.94. The summed E-state index contributed by atoms with van der Waals surface area (Å²) in [6.07, 6.45) is 6.90. The maximum Gasteiger partial charge on any atom is 0.0805 e. The van der Waals surface area contributed by atoms with Crippen molar-refractivity contribution in [3.63, 3.8) is 0 Å². The summed E-state index contributed by atoms with van der Waals surface area (Å²) in [5.41, 5.74) is 22.2. The second kappa shape index (κ2) is 17.1. The van der Waals surface area contributed by atoms with Crippen molar-refractivity contribution in [1.29, 1.82) is 0 Å². The van der Waals surface area contributed by atoms with Gasteiger partial charge in [0.1, 0.15) is 0 Å². The predicted octanol–water partition coefficient (Wildman–Crippen LogP) is 18.7. The monoisotopic (exact) mass is 947 g/mol. The first kappa shape index (κ1) is 50.9. The van der Waals surface area contributed by atoms with Crippen molar-refractivity contribution in [3.8, 4) is 33.4 Å². The average Bonchev–Trinajstić information content (AvgIpc) is 4.05. The number of benzene rings is 3. The number of H-pyrrole nitrogens is 2. The molecular formula is C65H82N4Si. The van der Waals surface area contributed by atoms with Crippen LogP contribution in [0, 0.1) is 0 Å². The molecular weight excluding hydrogens is 865 g/mol. The Labute approximate surface area is 422 Å². The number of nitrogens with one attached hydrogen (secondary N) is 2. The molecule has 0 unspecified atom stereocenters. The van der Waals surface area contributed by atoms with Crippen molar-refractivity contribution in [1.82, 2.24) is 19.9 Å². The zero-order valence-corrected chi connectivity index (χ0v) is 47.7. The number of rotatable bonds is 4. The molecule has 6 aromatic rings. The van der Waals surface area contributed by atoms with Gasteiger partial charge >= 0.3 is 0 Å². The summed E-state index contributed by atoms with van der Waals surface area (Å²) in [6.45, 7) is 49.1. The minimum Gasteiger partial charge on any atom is -0.355 e. The fraction of sp³-hybridized carbons (Fsp3) is 0.415. The molecule has 2 aliphatic rings. The lowest BCUT2D eigenvalue weighted by Crippen LogP contribution is -2.21. The van der Waals surface area contributed by atoms with Crippen LogP contribution >= 0.6 is 0 Å². The van der Waals surface area contributed by atoms with E-state index >= 15 is 0 Å². The molecule has 70 heavy (non-hydrogen) atoms. The lowest BCUT2D eigenvalue weighted by atomic mass is 9.78. The van der Waals surface area contributed by atoms with Crippen LogP contribution in [0.25, 0.3) is 78.9 Å². The molecule has 4 nitrogen and oxygen atoms in total. The molecule has 2 N–H and O–H groups in total. The average molecular weight is 947 g/mol. The van der Waals surface area contributed by atoms with Crippen molar-refractivity contribution in [2.24, 2.45) is 0 Å². The SMILES string of the molecule is CC(C)(C)c1cc(-c2c3nc(c(-c4cc(C(C)(C)C)cc(C(C)(C)C)c4)c4ccc([nH]4)c(-c4cc(C(C)(C)C)cc(C(C)(C)C)c4)c4nc(cc5ccc2[nH]5)C([Si](C)(C)C)=C4)C=C3)cc(C(C)(C)C)c1. The minimum absolute atomic E-state index is 0.0596. The normalized spacial score (nSPS) is 14.1. The smallest absolute Gasteiger partial charge is 0.0805 e. The second-order valence-corrected chi connectivity index (χ2v) is 32.7. The summed E-state index contributed by atoms with van der Waals surface area (Å²) >= 11 is 0. The minimum atomic E-state index is -1.94. The Morgan fingerprint density at radius 2 is 0.671 bits per heavy atom. The van der Waals surface area contributed by atoms with Gasteiger partial charge in [-0.25, -0.2) is 9.97 Å². The van der Waals surface area contributed by atoms with Gasteiger partial charge in [0.05, 0.1) is 30.8 Å². The van der Waals surface area contributed by atoms with E-state index in [-0.39, 0.29) is 32.5 Å². The standard InChI is InChI=1S/C65H82N4Si/c1-60(2,3)42-28-39(29-43(34-42)61(4,5)6)57-49-23-22-48(66-49)37-54-56(70(19,20)21)38-55(69-54)59(41-32-46(64(13,14)15)36-47(33-41)65(16,17)18)53-27-26-52(68-53)58(51-25-24-50(57)67-51)40-30-44(62(7,8)9)35-45(31-40)63(10,11)12/h22-38,66,68H,1-21H3. The quantitative estimate of drug-likeness (QED) is 0.173. The van der Waals surface area contributed by atoms with Crippen molar-refractivity contribution >= 4 is 53.6 Å². The molecule has 3 aromatic heterocycles. The van der Waals surface area contributed by atoms with E-state index in [1.165, 1.54) is 44.1 Å². The Balaban J connectivity index is 1.62. The van der Waals surface area contributed by atoms with Crippen LogP contribution in [0.15, 0.2) is 84.9 Å². The molecule has 8 rings (SSSR count). The number of hydrogen-bond donors (Lipinski definition) is 2. The molecule has 0 saturated heterocycles. The largest absolute Gasteiger partial charge is 0.355 e. The zero-order chi connectivity index (χ0) is 51.5. The van der Waals surface area contributed by atoms with Gasteiger partial charge in [-0.3, -0.25) is 0 Å². The number of aromatic amines is 2. The van der Waals surface area contributed by atoms with Gasteiger partial charge in [0.25, 0.3) is 0 Å². The molecule has 0 amide bonds. The molecule has 0 atom stereocenters. The molecule has 5 heteroatoms. The van der Waals surface area contributed by atoms with E-state index in [4.69, 9.17) is 9.97 Å². The number of nitrogens with zero attached hydrogens (tertiary/aromatic N) is 2. The van der Waals surface area contributed by atoms with Crippen LogP contribution in [0.2, 0.25) is 19.6 Å². The third-order valence-electron chi connectivity index (χ3n) is 14.4. The number of fused-ring (bicyclic) bond motifs is 8. The molecule has 0 fully saturated rings. The van der Waals surface area contributed by atoms with Gasteiger partial charge in [-0.15, -0.1) is 0 Å². The van der Waals surface area contributed by atoms with E-state index in [1.54, 1.807) is 0 Å². The maximum atomic E-state index is 5.76. The zero-order valence-electron chi connectivity index (χ0n) is 46.7. The van der Waals surface area contributed by atoms with Crippen molar-refractivity contribution in [2.45, 2.75) is 177 Å². The van der Waals surface area contributed by atoms with E-state index in [0.29, 0.717) is 0 Å². The van der Waals surface area contributed by atoms with Crippen LogP contribution in [0.5, 0.6) is 0 Å². The van der Waals surface area contributed by atoms with E-state index in [0.717, 1.165) is 72.7 Å². The molecule has 0 radical (unpaired) electrons. The lowest BCUT2D eigenvalue weighted by Gasteiger charge is -2.26. The fourth-order valence-electron chi connectivity index (χ4n) is 9.63. The highest BCUT2D eigenvalue weighted by Gasteiger charge is 2.30. The number of hydrogen-bond acceptors (Lipinski definition) is 2. The van der Waals surface area contributed by atoms with E-state index in [9.17, 15) is 0 Å². The molecule has 2 aliphatic heterocycles. The van der Waals surface area contributed by atoms with Crippen molar-refractivity contribution in [2.75, 3.05) is 0 Å². The van der Waals surface area contributed by atoms with Gasteiger partial charge in [0.15, 0.2) is 0 Å². The number of aromatic nitrogens is 4. The fourth-order valence-corrected chi connectivity index (χ4v) is 11.1. The third kappa shape index (κ3) is 10.3. The molecule has 5 heterocycles. The predicted molar refractivity (Wildman–Crippen MR) is 310 cm³/mol. The van der Waals surface area contributed by atoms with Crippen molar-refractivity contribution in [3.05, 3.63) is 141 Å². The van der Waals surface area contributed by atoms with Crippen LogP contribution in [-0.2, 0) is 32.5 Å². The van der Waals surface area contributed by atoms with Gasteiger partial charge in [0, 0.05) is 38.8 Å².